The molecule has 132 valence electrons. The molecule has 0 saturated carbocycles. The molecule has 0 aliphatic rings. The second-order valence-corrected chi connectivity index (χ2v) is 6.53. The highest BCUT2D eigenvalue weighted by Gasteiger charge is 2.13. The van der Waals surface area contributed by atoms with Crippen LogP contribution in [0.3, 0.4) is 0 Å². The summed E-state index contributed by atoms with van der Waals surface area (Å²) in [4.78, 5) is 30.8. The highest BCUT2D eigenvalue weighted by atomic mass is 32.1. The predicted octanol–water partition coefficient (Wildman–Crippen LogP) is 2.46. The van der Waals surface area contributed by atoms with E-state index in [0.29, 0.717) is 21.6 Å². The van der Waals surface area contributed by atoms with Gasteiger partial charge < -0.3 is 20.0 Å². The van der Waals surface area contributed by atoms with Crippen molar-refractivity contribution in [3.63, 3.8) is 0 Å². The number of fused-ring (bicyclic) bond motifs is 3. The van der Waals surface area contributed by atoms with E-state index in [1.54, 1.807) is 7.11 Å². The Morgan fingerprint density at radius 2 is 2.08 bits per heavy atom. The molecule has 7 nitrogen and oxygen atoms in total. The van der Waals surface area contributed by atoms with Crippen molar-refractivity contribution < 1.29 is 9.53 Å². The van der Waals surface area contributed by atoms with E-state index in [9.17, 15) is 9.59 Å². The molecule has 0 bridgehead atoms. The average molecular weight is 360 g/mol. The van der Waals surface area contributed by atoms with Crippen LogP contribution in [0, 0.1) is 4.77 Å². The number of benzene rings is 1. The van der Waals surface area contributed by atoms with Crippen LogP contribution in [0.5, 0.6) is 5.75 Å². The van der Waals surface area contributed by atoms with Crippen LogP contribution >= 0.6 is 12.2 Å². The lowest BCUT2D eigenvalue weighted by Gasteiger charge is -2.09. The maximum absolute atomic E-state index is 12.8. The Hall–Kier alpha value is -2.61. The predicted molar refractivity (Wildman–Crippen MR) is 99.7 cm³/mol. The number of carbonyl (C=O) groups excluding carboxylic acids is 1. The number of methoxy groups -OCH3 is 1. The van der Waals surface area contributed by atoms with E-state index in [0.717, 1.165) is 10.9 Å². The van der Waals surface area contributed by atoms with Crippen molar-refractivity contribution in [1.82, 2.24) is 19.9 Å². The lowest BCUT2D eigenvalue weighted by atomic mass is 10.2. The van der Waals surface area contributed by atoms with E-state index in [2.05, 4.69) is 15.3 Å². The van der Waals surface area contributed by atoms with Gasteiger partial charge in [0.1, 0.15) is 11.3 Å². The van der Waals surface area contributed by atoms with Crippen LogP contribution in [-0.2, 0) is 11.3 Å². The molecule has 8 heteroatoms. The first-order valence-corrected chi connectivity index (χ1v) is 8.43. The Labute approximate surface area is 149 Å². The van der Waals surface area contributed by atoms with Crippen LogP contribution in [0.4, 0.5) is 0 Å². The Balaban J connectivity index is 2.04. The van der Waals surface area contributed by atoms with Gasteiger partial charge in [0, 0.05) is 29.9 Å². The third kappa shape index (κ3) is 3.30. The molecule has 0 aliphatic heterocycles. The van der Waals surface area contributed by atoms with E-state index in [4.69, 9.17) is 17.0 Å². The third-order valence-electron chi connectivity index (χ3n) is 3.95. The van der Waals surface area contributed by atoms with Crippen molar-refractivity contribution in [1.29, 1.82) is 0 Å². The third-order valence-corrected chi connectivity index (χ3v) is 4.28. The van der Waals surface area contributed by atoms with Gasteiger partial charge in [0.2, 0.25) is 5.91 Å². The summed E-state index contributed by atoms with van der Waals surface area (Å²) in [6.07, 6.45) is 0.190. The number of hydrogen-bond acceptors (Lipinski definition) is 4. The molecule has 1 amide bonds. The molecule has 0 aliphatic carbocycles. The van der Waals surface area contributed by atoms with Crippen molar-refractivity contribution in [2.24, 2.45) is 0 Å². The second-order valence-electron chi connectivity index (χ2n) is 6.15. The van der Waals surface area contributed by atoms with Crippen LogP contribution in [0.2, 0.25) is 0 Å². The summed E-state index contributed by atoms with van der Waals surface area (Å²) in [7, 11) is 1.59. The fourth-order valence-electron chi connectivity index (χ4n) is 2.80. The SMILES string of the molecule is COc1ccc2[nH]c3c(=O)n(CCC(=O)NC(C)C)c(=S)[nH]c3c2c1. The number of amides is 1. The zero-order valence-corrected chi connectivity index (χ0v) is 15.1. The minimum absolute atomic E-state index is 0.0601. The minimum atomic E-state index is -0.244. The van der Waals surface area contributed by atoms with Crippen LogP contribution in [-0.4, -0.2) is 33.6 Å². The van der Waals surface area contributed by atoms with Gasteiger partial charge in [0.05, 0.1) is 12.6 Å². The number of rotatable bonds is 5. The fourth-order valence-corrected chi connectivity index (χ4v) is 3.08. The van der Waals surface area contributed by atoms with Gasteiger partial charge in [-0.25, -0.2) is 0 Å². The number of aromatic amines is 2. The van der Waals surface area contributed by atoms with Crippen LogP contribution in [0.1, 0.15) is 20.3 Å². The summed E-state index contributed by atoms with van der Waals surface area (Å²) < 4.78 is 6.94. The van der Waals surface area contributed by atoms with E-state index in [-0.39, 0.29) is 30.5 Å². The van der Waals surface area contributed by atoms with E-state index < -0.39 is 0 Å². The molecule has 2 heterocycles. The molecule has 3 rings (SSSR count). The minimum Gasteiger partial charge on any atom is -0.497 e. The van der Waals surface area contributed by atoms with E-state index in [1.807, 2.05) is 32.0 Å². The first-order chi connectivity index (χ1) is 11.9. The first kappa shape index (κ1) is 17.2. The highest BCUT2D eigenvalue weighted by Crippen LogP contribution is 2.25. The summed E-state index contributed by atoms with van der Waals surface area (Å²) in [6.45, 7) is 4.00. The summed E-state index contributed by atoms with van der Waals surface area (Å²) >= 11 is 5.33. The smallest absolute Gasteiger partial charge is 0.278 e. The molecule has 0 radical (unpaired) electrons. The van der Waals surface area contributed by atoms with Gasteiger partial charge >= 0.3 is 0 Å². The standard InChI is InChI=1S/C17H20N4O3S/c1-9(2)18-13(22)6-7-21-16(23)15-14(20-17(21)25)11-8-10(24-3)4-5-12(11)19-15/h4-5,8-9,19H,6-7H2,1-3H3,(H,18,22)(H,20,25). The van der Waals surface area contributed by atoms with Crippen molar-refractivity contribution in [2.45, 2.75) is 32.9 Å². The normalized spacial score (nSPS) is 11.4. The van der Waals surface area contributed by atoms with E-state index in [1.165, 1.54) is 4.57 Å². The number of nitrogens with zero attached hydrogens (tertiary/aromatic N) is 1. The van der Waals surface area contributed by atoms with Crippen LogP contribution < -0.4 is 15.6 Å². The Kier molecular flexibility index (Phi) is 4.63. The first-order valence-electron chi connectivity index (χ1n) is 8.02. The van der Waals surface area contributed by atoms with Crippen LogP contribution in [0.15, 0.2) is 23.0 Å². The molecule has 0 spiro atoms. The van der Waals surface area contributed by atoms with Gasteiger partial charge in [-0.1, -0.05) is 0 Å². The van der Waals surface area contributed by atoms with E-state index >= 15 is 0 Å². The summed E-state index contributed by atoms with van der Waals surface area (Å²) in [5, 5.41) is 3.64. The molecule has 25 heavy (non-hydrogen) atoms. The molecule has 3 N–H and O–H groups in total. The Morgan fingerprint density at radius 3 is 2.76 bits per heavy atom. The van der Waals surface area contributed by atoms with Gasteiger partial charge in [0.15, 0.2) is 4.77 Å². The number of nitrogens with one attached hydrogen (secondary N) is 3. The molecule has 0 unspecified atom stereocenters. The van der Waals surface area contributed by atoms with Crippen molar-refractivity contribution in [3.8, 4) is 5.75 Å². The summed E-state index contributed by atoms with van der Waals surface area (Å²) in [5.74, 6) is 0.583. The maximum atomic E-state index is 12.8. The maximum Gasteiger partial charge on any atom is 0.278 e. The fraction of sp³-hybridized carbons (Fsp3) is 0.353. The van der Waals surface area contributed by atoms with Crippen molar-refractivity contribution >= 4 is 40.1 Å². The molecule has 0 atom stereocenters. The van der Waals surface area contributed by atoms with Crippen molar-refractivity contribution in [3.05, 3.63) is 33.3 Å². The molecule has 0 fully saturated rings. The van der Waals surface area contributed by atoms with Crippen LogP contribution in [0.25, 0.3) is 21.9 Å². The molecule has 2 aromatic heterocycles. The van der Waals surface area contributed by atoms with Gasteiger partial charge in [-0.2, -0.15) is 0 Å². The number of carbonyl (C=O) groups is 1. The molecule has 1 aromatic carbocycles. The topological polar surface area (TPSA) is 91.9 Å². The number of aromatic nitrogens is 3. The second kappa shape index (κ2) is 6.72. The van der Waals surface area contributed by atoms with Gasteiger partial charge in [-0.3, -0.25) is 14.2 Å². The lowest BCUT2D eigenvalue weighted by molar-refractivity contribution is -0.121. The summed E-state index contributed by atoms with van der Waals surface area (Å²) in [5.41, 5.74) is 1.65. The van der Waals surface area contributed by atoms with Gasteiger partial charge in [0.25, 0.3) is 5.56 Å². The quantitative estimate of drug-likeness (QED) is 0.610. The largest absolute Gasteiger partial charge is 0.497 e. The molecular weight excluding hydrogens is 340 g/mol. The molecule has 3 aromatic rings. The monoisotopic (exact) mass is 360 g/mol. The molecule has 0 saturated heterocycles. The van der Waals surface area contributed by atoms with Crippen molar-refractivity contribution in [2.75, 3.05) is 7.11 Å². The highest BCUT2D eigenvalue weighted by molar-refractivity contribution is 7.71. The average Bonchev–Trinajstić information content (AvgIpc) is 2.92. The number of ether oxygens (including phenoxy) is 1. The summed E-state index contributed by atoms with van der Waals surface area (Å²) in [6, 6.07) is 5.58. The lowest BCUT2D eigenvalue weighted by Crippen LogP contribution is -2.32. The zero-order chi connectivity index (χ0) is 18.1. The molecular formula is C17H20N4O3S. The Bertz CT molecular complexity index is 1060. The van der Waals surface area contributed by atoms with Gasteiger partial charge in [-0.15, -0.1) is 0 Å². The van der Waals surface area contributed by atoms with Gasteiger partial charge in [-0.05, 0) is 44.3 Å². The zero-order valence-electron chi connectivity index (χ0n) is 14.3. The Morgan fingerprint density at radius 1 is 1.32 bits per heavy atom. The number of H-pyrrole nitrogens is 2. The number of hydrogen-bond donors (Lipinski definition) is 3.